The summed E-state index contributed by atoms with van der Waals surface area (Å²) in [4.78, 5) is 23.2. The Morgan fingerprint density at radius 1 is 1.00 bits per heavy atom. The normalized spacial score (nSPS) is 9.91. The SMILES string of the molecule is Cc1ccc(OCC(=O)NNC(=O)c2ccc(F)cc2)cc1. The summed E-state index contributed by atoms with van der Waals surface area (Å²) in [5.74, 6) is -0.919. The minimum atomic E-state index is -0.538. The second-order valence-electron chi connectivity index (χ2n) is 4.61. The Hall–Kier alpha value is -2.89. The molecule has 2 amide bonds. The van der Waals surface area contributed by atoms with Crippen LogP contribution >= 0.6 is 0 Å². The zero-order valence-electron chi connectivity index (χ0n) is 11.9. The average Bonchev–Trinajstić information content (AvgIpc) is 2.52. The highest BCUT2D eigenvalue weighted by Crippen LogP contribution is 2.10. The molecule has 6 heteroatoms. The van der Waals surface area contributed by atoms with E-state index in [1.165, 1.54) is 12.1 Å². The maximum Gasteiger partial charge on any atom is 0.276 e. The number of hydrogen-bond donors (Lipinski definition) is 2. The summed E-state index contributed by atoms with van der Waals surface area (Å²) >= 11 is 0. The minimum absolute atomic E-state index is 0.229. The van der Waals surface area contributed by atoms with E-state index in [9.17, 15) is 14.0 Å². The summed E-state index contributed by atoms with van der Waals surface area (Å²) in [5, 5.41) is 0. The smallest absolute Gasteiger partial charge is 0.276 e. The molecule has 0 saturated carbocycles. The van der Waals surface area contributed by atoms with Gasteiger partial charge in [0.05, 0.1) is 0 Å². The van der Waals surface area contributed by atoms with Crippen LogP contribution in [0.3, 0.4) is 0 Å². The first kappa shape index (κ1) is 15.5. The molecule has 114 valence electrons. The van der Waals surface area contributed by atoms with Gasteiger partial charge in [0.2, 0.25) is 0 Å². The Kier molecular flexibility index (Phi) is 5.08. The molecule has 0 bridgehead atoms. The molecule has 2 N–H and O–H groups in total. The fraction of sp³-hybridized carbons (Fsp3) is 0.125. The van der Waals surface area contributed by atoms with Crippen LogP contribution in [0.4, 0.5) is 4.39 Å². The van der Waals surface area contributed by atoms with Gasteiger partial charge in [-0.3, -0.25) is 20.4 Å². The van der Waals surface area contributed by atoms with Crippen molar-refractivity contribution in [2.75, 3.05) is 6.61 Å². The molecule has 0 spiro atoms. The predicted octanol–water partition coefficient (Wildman–Crippen LogP) is 1.97. The van der Waals surface area contributed by atoms with Gasteiger partial charge in [-0.15, -0.1) is 0 Å². The molecule has 0 unspecified atom stereocenters. The lowest BCUT2D eigenvalue weighted by Crippen LogP contribution is -2.43. The Morgan fingerprint density at radius 2 is 1.64 bits per heavy atom. The van der Waals surface area contributed by atoms with E-state index in [1.54, 1.807) is 12.1 Å². The Bertz CT molecular complexity index is 654. The number of carbonyl (C=O) groups is 2. The topological polar surface area (TPSA) is 67.4 Å². The Morgan fingerprint density at radius 3 is 2.27 bits per heavy atom. The highest BCUT2D eigenvalue weighted by molar-refractivity contribution is 5.95. The molecule has 0 aliphatic carbocycles. The average molecular weight is 302 g/mol. The largest absolute Gasteiger partial charge is 0.484 e. The van der Waals surface area contributed by atoms with Gasteiger partial charge in [-0.05, 0) is 43.3 Å². The lowest BCUT2D eigenvalue weighted by atomic mass is 10.2. The molecule has 0 fully saturated rings. The van der Waals surface area contributed by atoms with E-state index in [2.05, 4.69) is 10.9 Å². The molecule has 0 aliphatic heterocycles. The molecule has 0 radical (unpaired) electrons. The molecule has 0 aromatic heterocycles. The van der Waals surface area contributed by atoms with E-state index in [1.807, 2.05) is 19.1 Å². The maximum absolute atomic E-state index is 12.7. The van der Waals surface area contributed by atoms with Crippen molar-refractivity contribution in [3.05, 3.63) is 65.5 Å². The Labute approximate surface area is 127 Å². The van der Waals surface area contributed by atoms with E-state index >= 15 is 0 Å². The third-order valence-electron chi connectivity index (χ3n) is 2.81. The fourth-order valence-corrected chi connectivity index (χ4v) is 1.62. The zero-order valence-corrected chi connectivity index (χ0v) is 11.9. The summed E-state index contributed by atoms with van der Waals surface area (Å²) < 4.78 is 18.0. The number of nitrogens with one attached hydrogen (secondary N) is 2. The second-order valence-corrected chi connectivity index (χ2v) is 4.61. The molecule has 2 aromatic carbocycles. The van der Waals surface area contributed by atoms with E-state index in [0.29, 0.717) is 5.75 Å². The van der Waals surface area contributed by atoms with Crippen molar-refractivity contribution in [1.82, 2.24) is 10.9 Å². The lowest BCUT2D eigenvalue weighted by Gasteiger charge is -2.09. The molecule has 2 rings (SSSR count). The number of halogens is 1. The van der Waals surface area contributed by atoms with Crippen LogP contribution in [0.15, 0.2) is 48.5 Å². The monoisotopic (exact) mass is 302 g/mol. The number of carbonyl (C=O) groups excluding carboxylic acids is 2. The van der Waals surface area contributed by atoms with Crippen LogP contribution < -0.4 is 15.6 Å². The van der Waals surface area contributed by atoms with Crippen LogP contribution in [-0.4, -0.2) is 18.4 Å². The van der Waals surface area contributed by atoms with Crippen molar-refractivity contribution in [2.24, 2.45) is 0 Å². The third kappa shape index (κ3) is 4.59. The summed E-state index contributed by atoms with van der Waals surface area (Å²) in [6.07, 6.45) is 0. The van der Waals surface area contributed by atoms with E-state index in [4.69, 9.17) is 4.74 Å². The first-order valence-electron chi connectivity index (χ1n) is 6.59. The molecule has 0 heterocycles. The minimum Gasteiger partial charge on any atom is -0.484 e. The molecule has 5 nitrogen and oxygen atoms in total. The number of rotatable bonds is 4. The number of ether oxygens (including phenoxy) is 1. The summed E-state index contributed by atoms with van der Waals surface area (Å²) in [6.45, 7) is 1.72. The van der Waals surface area contributed by atoms with Gasteiger partial charge in [-0.2, -0.15) is 0 Å². The summed E-state index contributed by atoms with van der Waals surface area (Å²) in [5.41, 5.74) is 5.77. The molecule has 22 heavy (non-hydrogen) atoms. The van der Waals surface area contributed by atoms with Crippen molar-refractivity contribution < 1.29 is 18.7 Å². The van der Waals surface area contributed by atoms with Crippen molar-refractivity contribution in [3.63, 3.8) is 0 Å². The summed E-state index contributed by atoms with van der Waals surface area (Å²) in [6, 6.07) is 12.2. The molecule has 0 atom stereocenters. The van der Waals surface area contributed by atoms with E-state index in [-0.39, 0.29) is 12.2 Å². The van der Waals surface area contributed by atoms with Crippen LogP contribution in [0.1, 0.15) is 15.9 Å². The van der Waals surface area contributed by atoms with Crippen molar-refractivity contribution in [2.45, 2.75) is 6.92 Å². The summed E-state index contributed by atoms with van der Waals surface area (Å²) in [7, 11) is 0. The van der Waals surface area contributed by atoms with Crippen LogP contribution in [-0.2, 0) is 4.79 Å². The number of hydrazine groups is 1. The van der Waals surface area contributed by atoms with Crippen LogP contribution in [0.2, 0.25) is 0 Å². The van der Waals surface area contributed by atoms with Crippen molar-refractivity contribution in [1.29, 1.82) is 0 Å². The highest BCUT2D eigenvalue weighted by Gasteiger charge is 2.08. The fourth-order valence-electron chi connectivity index (χ4n) is 1.62. The molecule has 0 aliphatic rings. The number of aryl methyl sites for hydroxylation is 1. The standard InChI is InChI=1S/C16H15FN2O3/c1-11-2-8-14(9-3-11)22-10-15(20)18-19-16(21)12-4-6-13(17)7-5-12/h2-9H,10H2,1H3,(H,18,20)(H,19,21). The van der Waals surface area contributed by atoms with E-state index < -0.39 is 17.6 Å². The number of amides is 2. The van der Waals surface area contributed by atoms with Gasteiger partial charge in [0.1, 0.15) is 11.6 Å². The Balaban J connectivity index is 1.76. The second kappa shape index (κ2) is 7.21. The lowest BCUT2D eigenvalue weighted by molar-refractivity contribution is -0.123. The molecular formula is C16H15FN2O3. The maximum atomic E-state index is 12.7. The first-order valence-corrected chi connectivity index (χ1v) is 6.59. The molecular weight excluding hydrogens is 287 g/mol. The van der Waals surface area contributed by atoms with Gasteiger partial charge in [-0.25, -0.2) is 4.39 Å². The van der Waals surface area contributed by atoms with Crippen molar-refractivity contribution in [3.8, 4) is 5.75 Å². The van der Waals surface area contributed by atoms with Crippen LogP contribution in [0, 0.1) is 12.7 Å². The van der Waals surface area contributed by atoms with E-state index in [0.717, 1.165) is 17.7 Å². The molecule has 0 saturated heterocycles. The van der Waals surface area contributed by atoms with Gasteiger partial charge >= 0.3 is 0 Å². The molecule has 2 aromatic rings. The quantitative estimate of drug-likeness (QED) is 0.849. The van der Waals surface area contributed by atoms with Gasteiger partial charge < -0.3 is 4.74 Å². The number of hydrogen-bond acceptors (Lipinski definition) is 3. The number of benzene rings is 2. The van der Waals surface area contributed by atoms with Gasteiger partial charge in [-0.1, -0.05) is 17.7 Å². The predicted molar refractivity (Wildman–Crippen MR) is 78.7 cm³/mol. The third-order valence-corrected chi connectivity index (χ3v) is 2.81. The van der Waals surface area contributed by atoms with Gasteiger partial charge in [0.15, 0.2) is 6.61 Å². The van der Waals surface area contributed by atoms with Gasteiger partial charge in [0.25, 0.3) is 11.8 Å². The highest BCUT2D eigenvalue weighted by atomic mass is 19.1. The first-order chi connectivity index (χ1) is 10.5. The van der Waals surface area contributed by atoms with Gasteiger partial charge in [0, 0.05) is 5.56 Å². The van der Waals surface area contributed by atoms with Crippen LogP contribution in [0.5, 0.6) is 5.75 Å². The van der Waals surface area contributed by atoms with Crippen molar-refractivity contribution >= 4 is 11.8 Å². The van der Waals surface area contributed by atoms with Crippen LogP contribution in [0.25, 0.3) is 0 Å². The zero-order chi connectivity index (χ0) is 15.9.